The van der Waals surface area contributed by atoms with Gasteiger partial charge >= 0.3 is 0 Å². The summed E-state index contributed by atoms with van der Waals surface area (Å²) in [6.07, 6.45) is 0.823. The van der Waals surface area contributed by atoms with Crippen molar-refractivity contribution in [2.24, 2.45) is 0 Å². The number of rotatable bonds is 4. The fourth-order valence-electron chi connectivity index (χ4n) is 1.75. The quantitative estimate of drug-likeness (QED) is 0.815. The van der Waals surface area contributed by atoms with Crippen molar-refractivity contribution in [3.05, 3.63) is 35.9 Å². The van der Waals surface area contributed by atoms with Gasteiger partial charge < -0.3 is 14.6 Å². The Morgan fingerprint density at radius 1 is 1.40 bits per heavy atom. The van der Waals surface area contributed by atoms with Crippen LogP contribution in [0.15, 0.2) is 30.3 Å². The third-order valence-corrected chi connectivity index (χ3v) is 2.58. The van der Waals surface area contributed by atoms with Gasteiger partial charge in [-0.2, -0.15) is 0 Å². The summed E-state index contributed by atoms with van der Waals surface area (Å²) in [5, 5.41) is 9.27. The molecule has 1 aliphatic rings. The molecule has 0 aromatic heterocycles. The maximum Gasteiger partial charge on any atom is 0.106 e. The van der Waals surface area contributed by atoms with Crippen LogP contribution in [0.25, 0.3) is 0 Å². The average Bonchev–Trinajstić information content (AvgIpc) is 2.80. The van der Waals surface area contributed by atoms with Crippen LogP contribution in [0, 0.1) is 0 Å². The maximum absolute atomic E-state index is 9.27. The Morgan fingerprint density at radius 2 is 2.20 bits per heavy atom. The predicted molar refractivity (Wildman–Crippen MR) is 56.6 cm³/mol. The van der Waals surface area contributed by atoms with Crippen LogP contribution in [0.3, 0.4) is 0 Å². The zero-order valence-corrected chi connectivity index (χ0v) is 8.63. The van der Waals surface area contributed by atoms with Crippen LogP contribution in [0.2, 0.25) is 0 Å². The van der Waals surface area contributed by atoms with E-state index in [1.165, 1.54) is 0 Å². The standard InChI is InChI=1S/C12H16O3/c13-8-12(10-4-2-1-3-5-10)15-11-6-7-14-9-11/h1-5,11-13H,6-9H2/t11-,12-/m0/s1. The molecule has 1 aliphatic heterocycles. The van der Waals surface area contributed by atoms with E-state index in [1.54, 1.807) is 0 Å². The van der Waals surface area contributed by atoms with E-state index in [-0.39, 0.29) is 18.8 Å². The minimum absolute atomic E-state index is 0.0144. The molecule has 3 nitrogen and oxygen atoms in total. The van der Waals surface area contributed by atoms with Gasteiger partial charge in [0, 0.05) is 6.61 Å². The molecule has 0 radical (unpaired) electrons. The molecule has 1 saturated heterocycles. The molecule has 0 unspecified atom stereocenters. The SMILES string of the molecule is OC[C@H](O[C@H]1CCOC1)c1ccccc1. The lowest BCUT2D eigenvalue weighted by Crippen LogP contribution is -2.19. The molecule has 2 rings (SSSR count). The van der Waals surface area contributed by atoms with Gasteiger partial charge in [-0.3, -0.25) is 0 Å². The highest BCUT2D eigenvalue weighted by Crippen LogP contribution is 2.21. The van der Waals surface area contributed by atoms with Crippen molar-refractivity contribution in [1.82, 2.24) is 0 Å². The fourth-order valence-corrected chi connectivity index (χ4v) is 1.75. The zero-order valence-electron chi connectivity index (χ0n) is 8.63. The summed E-state index contributed by atoms with van der Waals surface area (Å²) in [5.74, 6) is 0. The first-order chi connectivity index (χ1) is 7.40. The number of hydrogen-bond donors (Lipinski definition) is 1. The fraction of sp³-hybridized carbons (Fsp3) is 0.500. The van der Waals surface area contributed by atoms with E-state index in [0.717, 1.165) is 18.6 Å². The van der Waals surface area contributed by atoms with Crippen molar-refractivity contribution in [2.45, 2.75) is 18.6 Å². The Labute approximate surface area is 89.6 Å². The van der Waals surface area contributed by atoms with Gasteiger partial charge in [-0.1, -0.05) is 30.3 Å². The molecule has 1 fully saturated rings. The smallest absolute Gasteiger partial charge is 0.106 e. The van der Waals surface area contributed by atoms with Gasteiger partial charge in [0.1, 0.15) is 6.10 Å². The molecule has 2 atom stereocenters. The first-order valence-corrected chi connectivity index (χ1v) is 5.29. The highest BCUT2D eigenvalue weighted by atomic mass is 16.6. The molecule has 1 aromatic carbocycles. The summed E-state index contributed by atoms with van der Waals surface area (Å²) in [5.41, 5.74) is 1.02. The first-order valence-electron chi connectivity index (χ1n) is 5.29. The van der Waals surface area contributed by atoms with Gasteiger partial charge in [-0.25, -0.2) is 0 Å². The summed E-state index contributed by atoms with van der Waals surface area (Å²) < 4.78 is 11.0. The molecule has 1 aromatic rings. The highest BCUT2D eigenvalue weighted by molar-refractivity contribution is 5.17. The van der Waals surface area contributed by atoms with Gasteiger partial charge in [-0.15, -0.1) is 0 Å². The lowest BCUT2D eigenvalue weighted by molar-refractivity contribution is -0.0427. The van der Waals surface area contributed by atoms with Crippen LogP contribution < -0.4 is 0 Å². The largest absolute Gasteiger partial charge is 0.393 e. The van der Waals surface area contributed by atoms with Gasteiger partial charge in [0.05, 0.1) is 19.3 Å². The lowest BCUT2D eigenvalue weighted by atomic mass is 10.1. The number of ether oxygens (including phenoxy) is 2. The summed E-state index contributed by atoms with van der Waals surface area (Å²) in [4.78, 5) is 0. The van der Waals surface area contributed by atoms with E-state index in [2.05, 4.69) is 0 Å². The normalized spacial score (nSPS) is 22.9. The second kappa shape index (κ2) is 5.26. The van der Waals surface area contributed by atoms with E-state index >= 15 is 0 Å². The van der Waals surface area contributed by atoms with E-state index in [1.807, 2.05) is 30.3 Å². The summed E-state index contributed by atoms with van der Waals surface area (Å²) >= 11 is 0. The molecule has 0 amide bonds. The number of hydrogen-bond acceptors (Lipinski definition) is 3. The van der Waals surface area contributed by atoms with Gasteiger partial charge in [0.15, 0.2) is 0 Å². The Hall–Kier alpha value is -0.900. The number of aliphatic hydroxyl groups excluding tert-OH is 1. The summed E-state index contributed by atoms with van der Waals surface area (Å²) in [6, 6.07) is 9.79. The molecule has 1 N–H and O–H groups in total. The van der Waals surface area contributed by atoms with Crippen LogP contribution in [0.4, 0.5) is 0 Å². The zero-order chi connectivity index (χ0) is 10.5. The molecule has 0 saturated carbocycles. The number of aliphatic hydroxyl groups is 1. The van der Waals surface area contributed by atoms with Crippen LogP contribution in [0.1, 0.15) is 18.1 Å². The summed E-state index contributed by atoms with van der Waals surface area (Å²) in [7, 11) is 0. The van der Waals surface area contributed by atoms with E-state index in [9.17, 15) is 5.11 Å². The van der Waals surface area contributed by atoms with E-state index in [4.69, 9.17) is 9.47 Å². The predicted octanol–water partition coefficient (Wildman–Crippen LogP) is 1.53. The van der Waals surface area contributed by atoms with Crippen molar-refractivity contribution in [3.8, 4) is 0 Å². The molecule has 3 heteroatoms. The van der Waals surface area contributed by atoms with Crippen molar-refractivity contribution in [1.29, 1.82) is 0 Å². The maximum atomic E-state index is 9.27. The third-order valence-electron chi connectivity index (χ3n) is 2.58. The van der Waals surface area contributed by atoms with E-state index < -0.39 is 0 Å². The monoisotopic (exact) mass is 208 g/mol. The van der Waals surface area contributed by atoms with Crippen LogP contribution >= 0.6 is 0 Å². The number of benzene rings is 1. The molecule has 1 heterocycles. The molecule has 0 aliphatic carbocycles. The Balaban J connectivity index is 1.97. The minimum Gasteiger partial charge on any atom is -0.393 e. The first kappa shape index (κ1) is 10.6. The molecule has 0 spiro atoms. The molecular weight excluding hydrogens is 192 g/mol. The van der Waals surface area contributed by atoms with Crippen molar-refractivity contribution in [3.63, 3.8) is 0 Å². The van der Waals surface area contributed by atoms with Crippen molar-refractivity contribution >= 4 is 0 Å². The highest BCUT2D eigenvalue weighted by Gasteiger charge is 2.21. The Kier molecular flexibility index (Phi) is 3.72. The lowest BCUT2D eigenvalue weighted by Gasteiger charge is -2.19. The van der Waals surface area contributed by atoms with Gasteiger partial charge in [-0.05, 0) is 12.0 Å². The topological polar surface area (TPSA) is 38.7 Å². The van der Waals surface area contributed by atoms with Gasteiger partial charge in [0.25, 0.3) is 0 Å². The van der Waals surface area contributed by atoms with E-state index in [0.29, 0.717) is 6.61 Å². The Morgan fingerprint density at radius 3 is 2.80 bits per heavy atom. The van der Waals surface area contributed by atoms with Crippen LogP contribution in [-0.4, -0.2) is 31.0 Å². The van der Waals surface area contributed by atoms with Gasteiger partial charge in [0.2, 0.25) is 0 Å². The average molecular weight is 208 g/mol. The van der Waals surface area contributed by atoms with Crippen LogP contribution in [-0.2, 0) is 9.47 Å². The van der Waals surface area contributed by atoms with Crippen molar-refractivity contribution < 1.29 is 14.6 Å². The molecule has 15 heavy (non-hydrogen) atoms. The van der Waals surface area contributed by atoms with Crippen LogP contribution in [0.5, 0.6) is 0 Å². The second-order valence-corrected chi connectivity index (χ2v) is 3.70. The molecule has 0 bridgehead atoms. The van der Waals surface area contributed by atoms with Crippen molar-refractivity contribution in [2.75, 3.05) is 19.8 Å². The third kappa shape index (κ3) is 2.78. The second-order valence-electron chi connectivity index (χ2n) is 3.70. The Bertz CT molecular complexity index is 280. The molecule has 82 valence electrons. The summed E-state index contributed by atoms with van der Waals surface area (Å²) in [6.45, 7) is 1.42. The minimum atomic E-state index is -0.224. The molecular formula is C12H16O3.